The van der Waals surface area contributed by atoms with E-state index in [1.165, 1.54) is 22.5 Å². The number of rotatable bonds is 8. The van der Waals surface area contributed by atoms with E-state index in [1.807, 2.05) is 0 Å². The molecule has 2 aromatic carbocycles. The van der Waals surface area contributed by atoms with Crippen LogP contribution in [-0.4, -0.2) is 58.1 Å². The van der Waals surface area contributed by atoms with Crippen LogP contribution >= 0.6 is 0 Å². The van der Waals surface area contributed by atoms with E-state index in [9.17, 15) is 17.6 Å². The lowest BCUT2D eigenvalue weighted by atomic mass is 9.97. The van der Waals surface area contributed by atoms with Gasteiger partial charge in [0.25, 0.3) is 0 Å². The Bertz CT molecular complexity index is 1100. The molecule has 10 heteroatoms. The highest BCUT2D eigenvalue weighted by atomic mass is 32.2. The van der Waals surface area contributed by atoms with E-state index in [2.05, 4.69) is 5.32 Å². The first-order chi connectivity index (χ1) is 16.4. The molecular formula is C24H29FN2O6S. The van der Waals surface area contributed by atoms with Gasteiger partial charge in [-0.3, -0.25) is 4.79 Å². The van der Waals surface area contributed by atoms with E-state index in [0.717, 1.165) is 6.42 Å². The summed E-state index contributed by atoms with van der Waals surface area (Å²) in [7, 11) is -3.69. The molecular weight excluding hydrogens is 463 g/mol. The fraction of sp³-hybridized carbons (Fsp3) is 0.458. The van der Waals surface area contributed by atoms with E-state index < -0.39 is 15.8 Å². The number of piperidine rings is 1. The molecule has 0 radical (unpaired) electrons. The van der Waals surface area contributed by atoms with Crippen molar-refractivity contribution in [3.8, 4) is 17.2 Å². The number of amides is 1. The molecule has 0 atom stereocenters. The normalized spacial score (nSPS) is 17.1. The summed E-state index contributed by atoms with van der Waals surface area (Å²) in [4.78, 5) is 12.7. The predicted octanol–water partition coefficient (Wildman–Crippen LogP) is 2.97. The average Bonchev–Trinajstić information content (AvgIpc) is 3.10. The second-order valence-electron chi connectivity index (χ2n) is 8.26. The zero-order chi connectivity index (χ0) is 24.0. The van der Waals surface area contributed by atoms with Crippen molar-refractivity contribution in [2.75, 3.05) is 39.5 Å². The summed E-state index contributed by atoms with van der Waals surface area (Å²) in [5.74, 6) is 0.412. The van der Waals surface area contributed by atoms with Gasteiger partial charge in [-0.25, -0.2) is 12.8 Å². The van der Waals surface area contributed by atoms with Crippen molar-refractivity contribution >= 4 is 15.9 Å². The number of halogens is 1. The van der Waals surface area contributed by atoms with Crippen LogP contribution in [0.4, 0.5) is 4.39 Å². The third-order valence-electron chi connectivity index (χ3n) is 5.90. The molecule has 0 aromatic heterocycles. The second-order valence-corrected chi connectivity index (χ2v) is 10.2. The van der Waals surface area contributed by atoms with Crippen LogP contribution in [0.1, 0.15) is 25.7 Å². The Morgan fingerprint density at radius 1 is 1.09 bits per heavy atom. The zero-order valence-corrected chi connectivity index (χ0v) is 19.7. The van der Waals surface area contributed by atoms with Crippen molar-refractivity contribution in [1.29, 1.82) is 0 Å². The molecule has 1 N–H and O–H groups in total. The first-order valence-corrected chi connectivity index (χ1v) is 12.9. The summed E-state index contributed by atoms with van der Waals surface area (Å²) in [5.41, 5.74) is 0. The zero-order valence-electron chi connectivity index (χ0n) is 18.9. The average molecular weight is 493 g/mol. The van der Waals surface area contributed by atoms with Crippen molar-refractivity contribution in [2.45, 2.75) is 30.6 Å². The number of para-hydroxylation sites is 1. The lowest BCUT2D eigenvalue weighted by molar-refractivity contribution is -0.126. The van der Waals surface area contributed by atoms with Crippen molar-refractivity contribution in [2.24, 2.45) is 5.92 Å². The van der Waals surface area contributed by atoms with Gasteiger partial charge in [-0.1, -0.05) is 12.1 Å². The Labute approximate surface area is 199 Å². The summed E-state index contributed by atoms with van der Waals surface area (Å²) in [6.07, 6.45) is 2.17. The van der Waals surface area contributed by atoms with Crippen LogP contribution in [0.3, 0.4) is 0 Å². The molecule has 0 bridgehead atoms. The molecule has 0 saturated carbocycles. The molecule has 0 unspecified atom stereocenters. The van der Waals surface area contributed by atoms with E-state index in [0.29, 0.717) is 50.5 Å². The maximum Gasteiger partial charge on any atom is 0.243 e. The predicted molar refractivity (Wildman–Crippen MR) is 123 cm³/mol. The highest BCUT2D eigenvalue weighted by Gasteiger charge is 2.32. The van der Waals surface area contributed by atoms with E-state index in [4.69, 9.17) is 14.2 Å². The summed E-state index contributed by atoms with van der Waals surface area (Å²) in [5, 5.41) is 2.87. The molecule has 2 heterocycles. The fourth-order valence-corrected chi connectivity index (χ4v) is 5.47. The lowest BCUT2D eigenvalue weighted by Gasteiger charge is -2.30. The van der Waals surface area contributed by atoms with Crippen LogP contribution in [-0.2, 0) is 14.8 Å². The first-order valence-electron chi connectivity index (χ1n) is 11.5. The van der Waals surface area contributed by atoms with Crippen LogP contribution in [0.25, 0.3) is 0 Å². The molecule has 0 aliphatic carbocycles. The van der Waals surface area contributed by atoms with Crippen molar-refractivity contribution in [3.63, 3.8) is 0 Å². The molecule has 2 aliphatic rings. The minimum atomic E-state index is -3.69. The van der Waals surface area contributed by atoms with Crippen LogP contribution in [0, 0.1) is 11.7 Å². The second kappa shape index (κ2) is 11.1. The summed E-state index contributed by atoms with van der Waals surface area (Å²) in [6, 6.07) is 10.9. The number of hydrogen-bond donors (Lipinski definition) is 1. The summed E-state index contributed by atoms with van der Waals surface area (Å²) < 4.78 is 57.7. The Morgan fingerprint density at radius 2 is 1.82 bits per heavy atom. The van der Waals surface area contributed by atoms with Gasteiger partial charge in [0.05, 0.1) is 24.7 Å². The van der Waals surface area contributed by atoms with E-state index >= 15 is 0 Å². The van der Waals surface area contributed by atoms with Gasteiger partial charge in [0.1, 0.15) is 0 Å². The van der Waals surface area contributed by atoms with Gasteiger partial charge in [-0.15, -0.1) is 0 Å². The number of benzene rings is 2. The van der Waals surface area contributed by atoms with Gasteiger partial charge in [0.15, 0.2) is 23.1 Å². The maximum atomic E-state index is 13.5. The van der Waals surface area contributed by atoms with Gasteiger partial charge < -0.3 is 19.5 Å². The minimum Gasteiger partial charge on any atom is -0.490 e. The Hall–Kier alpha value is -2.85. The van der Waals surface area contributed by atoms with Gasteiger partial charge in [-0.05, 0) is 43.5 Å². The number of nitrogens with one attached hydrogen (secondary N) is 1. The molecule has 0 spiro atoms. The van der Waals surface area contributed by atoms with E-state index in [-0.39, 0.29) is 42.2 Å². The van der Waals surface area contributed by atoms with Crippen LogP contribution in [0.2, 0.25) is 0 Å². The van der Waals surface area contributed by atoms with Crippen LogP contribution in [0.5, 0.6) is 17.2 Å². The first kappa shape index (κ1) is 24.3. The van der Waals surface area contributed by atoms with E-state index in [1.54, 1.807) is 24.3 Å². The van der Waals surface area contributed by atoms with Gasteiger partial charge in [0, 0.05) is 38.0 Å². The van der Waals surface area contributed by atoms with Gasteiger partial charge in [0.2, 0.25) is 15.9 Å². The van der Waals surface area contributed by atoms with Crippen molar-refractivity contribution in [1.82, 2.24) is 9.62 Å². The molecule has 2 aromatic rings. The number of sulfonamides is 1. The number of carbonyl (C=O) groups is 1. The van der Waals surface area contributed by atoms with Gasteiger partial charge >= 0.3 is 0 Å². The van der Waals surface area contributed by atoms with Crippen molar-refractivity contribution < 1.29 is 31.8 Å². The topological polar surface area (TPSA) is 94.2 Å². The number of hydrogen-bond acceptors (Lipinski definition) is 6. The molecule has 8 nitrogen and oxygen atoms in total. The Morgan fingerprint density at radius 3 is 2.59 bits per heavy atom. The molecule has 34 heavy (non-hydrogen) atoms. The smallest absolute Gasteiger partial charge is 0.243 e. The lowest BCUT2D eigenvalue weighted by Crippen LogP contribution is -2.43. The summed E-state index contributed by atoms with van der Waals surface area (Å²) >= 11 is 0. The molecule has 1 amide bonds. The van der Waals surface area contributed by atoms with Crippen molar-refractivity contribution in [3.05, 3.63) is 48.3 Å². The number of fused-ring (bicyclic) bond motifs is 1. The van der Waals surface area contributed by atoms with Gasteiger partial charge in [-0.2, -0.15) is 4.31 Å². The fourth-order valence-electron chi connectivity index (χ4n) is 3.98. The number of nitrogens with zero attached hydrogens (tertiary/aromatic N) is 1. The quantitative estimate of drug-likeness (QED) is 0.570. The number of carbonyl (C=O) groups excluding carboxylic acids is 1. The number of ether oxygens (including phenoxy) is 3. The third kappa shape index (κ3) is 5.79. The monoisotopic (exact) mass is 492 g/mol. The SMILES string of the molecule is O=C(NCCCOc1ccccc1F)C1CCN(S(=O)(=O)c2ccc3c(c2)OCCCO3)CC1. The Kier molecular flexibility index (Phi) is 7.89. The highest BCUT2D eigenvalue weighted by molar-refractivity contribution is 7.89. The molecule has 184 valence electrons. The third-order valence-corrected chi connectivity index (χ3v) is 7.79. The standard InChI is InChI=1S/C24H29FN2O6S/c25-20-5-1-2-6-21(20)31-14-3-11-26-24(28)18-9-12-27(13-10-18)34(29,30)19-7-8-22-23(17-19)33-16-4-15-32-22/h1-2,5-8,17-18H,3-4,9-16H2,(H,26,28). The molecule has 2 aliphatic heterocycles. The van der Waals surface area contributed by atoms with Crippen LogP contribution < -0.4 is 19.5 Å². The largest absolute Gasteiger partial charge is 0.490 e. The summed E-state index contributed by atoms with van der Waals surface area (Å²) in [6.45, 7) is 2.24. The Balaban J connectivity index is 1.23. The van der Waals surface area contributed by atoms with Crippen LogP contribution in [0.15, 0.2) is 47.4 Å². The maximum absolute atomic E-state index is 13.5. The minimum absolute atomic E-state index is 0.0986. The molecule has 4 rings (SSSR count). The highest BCUT2D eigenvalue weighted by Crippen LogP contribution is 2.33. The molecule has 1 fully saturated rings. The molecule has 1 saturated heterocycles.